The highest BCUT2D eigenvalue weighted by atomic mass is 127. The minimum absolute atomic E-state index is 0. The van der Waals surface area contributed by atoms with Crippen LogP contribution in [0.3, 0.4) is 0 Å². The van der Waals surface area contributed by atoms with E-state index in [0.717, 1.165) is 0 Å². The number of hydrogen-bond acceptors (Lipinski definition) is 4. The number of rotatable bonds is 8. The topological polar surface area (TPSA) is 70.6 Å². The van der Waals surface area contributed by atoms with E-state index in [0.29, 0.717) is 36.1 Å². The molecule has 0 radical (unpaired) electrons. The second kappa shape index (κ2) is 11.7. The van der Waals surface area contributed by atoms with Crippen molar-refractivity contribution in [3.05, 3.63) is 57.5 Å². The van der Waals surface area contributed by atoms with Gasteiger partial charge in [-0.25, -0.2) is 17.8 Å². The molecule has 1 unspecified atom stereocenters. The van der Waals surface area contributed by atoms with Crippen LogP contribution in [0.4, 0.5) is 4.39 Å². The van der Waals surface area contributed by atoms with Crippen LogP contribution in [0.15, 0.2) is 40.0 Å². The van der Waals surface area contributed by atoms with E-state index >= 15 is 0 Å². The summed E-state index contributed by atoms with van der Waals surface area (Å²) in [5.74, 6) is 0.419. The zero-order valence-electron chi connectivity index (χ0n) is 16.2. The molecule has 0 fully saturated rings. The summed E-state index contributed by atoms with van der Waals surface area (Å²) >= 11 is 1.67. The van der Waals surface area contributed by atoms with Crippen LogP contribution in [0, 0.1) is 5.82 Å². The zero-order chi connectivity index (χ0) is 19.9. The molecule has 0 aliphatic rings. The number of guanidine groups is 1. The number of nitrogens with one attached hydrogen (secondary N) is 2. The lowest BCUT2D eigenvalue weighted by Gasteiger charge is -2.15. The van der Waals surface area contributed by atoms with E-state index in [1.165, 1.54) is 30.0 Å². The van der Waals surface area contributed by atoms with Crippen LogP contribution in [-0.2, 0) is 22.1 Å². The van der Waals surface area contributed by atoms with E-state index in [9.17, 15) is 12.8 Å². The smallest absolute Gasteiger partial charge is 0.191 e. The van der Waals surface area contributed by atoms with Crippen molar-refractivity contribution in [2.24, 2.45) is 4.99 Å². The number of benzene rings is 1. The van der Waals surface area contributed by atoms with Gasteiger partial charge < -0.3 is 10.6 Å². The van der Waals surface area contributed by atoms with Crippen LogP contribution in [0.1, 0.15) is 36.5 Å². The van der Waals surface area contributed by atoms with Crippen molar-refractivity contribution in [2.45, 2.75) is 32.1 Å². The fourth-order valence-corrected chi connectivity index (χ4v) is 4.22. The van der Waals surface area contributed by atoms with Crippen molar-refractivity contribution in [3.63, 3.8) is 0 Å². The number of hydrogen-bond donors (Lipinski definition) is 2. The molecule has 2 aromatic rings. The van der Waals surface area contributed by atoms with Crippen LogP contribution in [-0.4, -0.2) is 33.7 Å². The molecule has 9 heteroatoms. The molecule has 1 atom stereocenters. The first kappa shape index (κ1) is 24.8. The Balaban J connectivity index is 0.00000392. The molecule has 2 rings (SSSR count). The highest BCUT2D eigenvalue weighted by Gasteiger charge is 2.11. The maximum atomic E-state index is 13.6. The largest absolute Gasteiger partial charge is 0.357 e. The van der Waals surface area contributed by atoms with Gasteiger partial charge in [0, 0.05) is 19.3 Å². The van der Waals surface area contributed by atoms with E-state index in [1.54, 1.807) is 11.3 Å². The molecule has 1 aromatic carbocycles. The van der Waals surface area contributed by atoms with Gasteiger partial charge >= 0.3 is 0 Å². The maximum Gasteiger partial charge on any atom is 0.191 e. The number of aliphatic imine (C=N–C) groups is 1. The van der Waals surface area contributed by atoms with E-state index in [2.05, 4.69) is 39.4 Å². The van der Waals surface area contributed by atoms with Gasteiger partial charge in [-0.15, -0.1) is 24.0 Å². The molecule has 0 saturated carbocycles. The third-order valence-electron chi connectivity index (χ3n) is 4.03. The van der Waals surface area contributed by atoms with Gasteiger partial charge in [-0.1, -0.05) is 13.0 Å². The van der Waals surface area contributed by atoms with Gasteiger partial charge in [0.05, 0.1) is 12.3 Å². The minimum atomic E-state index is -3.21. The molecule has 5 nitrogen and oxygen atoms in total. The molecular formula is C19H27FIN3O2S2. The van der Waals surface area contributed by atoms with Crippen molar-refractivity contribution in [1.29, 1.82) is 0 Å². The number of thiophene rings is 1. The molecule has 0 aliphatic heterocycles. The van der Waals surface area contributed by atoms with Crippen molar-refractivity contribution >= 4 is 51.1 Å². The Bertz CT molecular complexity index is 871. The molecule has 2 N–H and O–H groups in total. The molecule has 0 aliphatic carbocycles. The van der Waals surface area contributed by atoms with Gasteiger partial charge in [0.1, 0.15) is 5.82 Å². The standard InChI is InChI=1S/C19H26FN3O2S2.HI/c1-4-21-19(22-10-14(2)15-7-8-26-12-15)23-11-17-9-18(20)6-5-16(17)13-27(3,24)25;/h5-9,12,14H,4,10-11,13H2,1-3H3,(H2,21,22,23);1H. The van der Waals surface area contributed by atoms with Crippen LogP contribution in [0.2, 0.25) is 0 Å². The quantitative estimate of drug-likeness (QED) is 0.303. The summed E-state index contributed by atoms with van der Waals surface area (Å²) in [6.45, 7) is 5.71. The monoisotopic (exact) mass is 539 g/mol. The van der Waals surface area contributed by atoms with E-state index in [-0.39, 0.29) is 36.3 Å². The average Bonchev–Trinajstić information content (AvgIpc) is 3.12. The summed E-state index contributed by atoms with van der Waals surface area (Å²) < 4.78 is 36.9. The molecule has 28 heavy (non-hydrogen) atoms. The van der Waals surface area contributed by atoms with Gasteiger partial charge in [0.15, 0.2) is 15.8 Å². The van der Waals surface area contributed by atoms with Gasteiger partial charge in [-0.05, 0) is 58.5 Å². The van der Waals surface area contributed by atoms with Crippen molar-refractivity contribution in [3.8, 4) is 0 Å². The lowest BCUT2D eigenvalue weighted by molar-refractivity contribution is 0.600. The maximum absolute atomic E-state index is 13.6. The number of halogens is 2. The Morgan fingerprint density at radius 1 is 1.25 bits per heavy atom. The van der Waals surface area contributed by atoms with Crippen LogP contribution < -0.4 is 10.6 Å². The molecule has 1 aromatic heterocycles. The first-order chi connectivity index (χ1) is 12.8. The van der Waals surface area contributed by atoms with Gasteiger partial charge in [0.2, 0.25) is 0 Å². The predicted molar refractivity (Wildman–Crippen MR) is 126 cm³/mol. The second-order valence-electron chi connectivity index (χ2n) is 6.52. The summed E-state index contributed by atoms with van der Waals surface area (Å²) in [6, 6.07) is 6.24. The Morgan fingerprint density at radius 3 is 2.61 bits per heavy atom. The lowest BCUT2D eigenvalue weighted by atomic mass is 10.1. The van der Waals surface area contributed by atoms with Crippen LogP contribution in [0.25, 0.3) is 0 Å². The average molecular weight is 539 g/mol. The molecule has 0 amide bonds. The number of nitrogens with zero attached hydrogens (tertiary/aromatic N) is 1. The first-order valence-corrected chi connectivity index (χ1v) is 11.8. The first-order valence-electron chi connectivity index (χ1n) is 8.77. The van der Waals surface area contributed by atoms with E-state index in [4.69, 9.17) is 0 Å². The molecule has 0 spiro atoms. The van der Waals surface area contributed by atoms with Crippen molar-refractivity contribution in [2.75, 3.05) is 19.3 Å². The van der Waals surface area contributed by atoms with Gasteiger partial charge in [-0.2, -0.15) is 11.3 Å². The molecule has 0 bridgehead atoms. The fraction of sp³-hybridized carbons (Fsp3) is 0.421. The Morgan fingerprint density at radius 2 is 2.00 bits per heavy atom. The van der Waals surface area contributed by atoms with Crippen LogP contribution >= 0.6 is 35.3 Å². The molecule has 156 valence electrons. The lowest BCUT2D eigenvalue weighted by Crippen LogP contribution is -2.39. The van der Waals surface area contributed by atoms with Crippen LogP contribution in [0.5, 0.6) is 0 Å². The Kier molecular flexibility index (Phi) is 10.4. The third kappa shape index (κ3) is 8.44. The Hall–Kier alpha value is -1.20. The fourth-order valence-electron chi connectivity index (χ4n) is 2.59. The highest BCUT2D eigenvalue weighted by Crippen LogP contribution is 2.17. The summed E-state index contributed by atoms with van der Waals surface area (Å²) in [5, 5.41) is 10.6. The van der Waals surface area contributed by atoms with E-state index in [1.807, 2.05) is 6.92 Å². The minimum Gasteiger partial charge on any atom is -0.357 e. The second-order valence-corrected chi connectivity index (χ2v) is 9.44. The van der Waals surface area contributed by atoms with E-state index < -0.39 is 15.7 Å². The zero-order valence-corrected chi connectivity index (χ0v) is 20.2. The normalized spacial score (nSPS) is 12.9. The van der Waals surface area contributed by atoms with Crippen molar-refractivity contribution < 1.29 is 12.8 Å². The SMILES string of the molecule is CCNC(=NCc1cc(F)ccc1CS(C)(=O)=O)NCC(C)c1ccsc1.I. The third-order valence-corrected chi connectivity index (χ3v) is 5.56. The molecular weight excluding hydrogens is 512 g/mol. The molecule has 1 heterocycles. The van der Waals surface area contributed by atoms with Gasteiger partial charge in [0.25, 0.3) is 0 Å². The van der Waals surface area contributed by atoms with Gasteiger partial charge in [-0.3, -0.25) is 0 Å². The number of sulfone groups is 1. The highest BCUT2D eigenvalue weighted by molar-refractivity contribution is 14.0. The summed E-state index contributed by atoms with van der Waals surface area (Å²) in [4.78, 5) is 4.50. The molecule has 0 saturated heterocycles. The van der Waals surface area contributed by atoms with Crippen molar-refractivity contribution in [1.82, 2.24) is 10.6 Å². The summed E-state index contributed by atoms with van der Waals surface area (Å²) in [7, 11) is -3.21. The Labute approximate surface area is 187 Å². The predicted octanol–water partition coefficient (Wildman–Crippen LogP) is 3.91. The summed E-state index contributed by atoms with van der Waals surface area (Å²) in [6.07, 6.45) is 1.17. The summed E-state index contributed by atoms with van der Waals surface area (Å²) in [5.41, 5.74) is 2.41.